The van der Waals surface area contributed by atoms with Crippen molar-refractivity contribution in [2.45, 2.75) is 6.54 Å². The number of halogens is 1. The molecule has 0 aliphatic carbocycles. The molecule has 0 heterocycles. The van der Waals surface area contributed by atoms with Crippen LogP contribution in [0.5, 0.6) is 0 Å². The van der Waals surface area contributed by atoms with Crippen LogP contribution < -0.4 is 5.73 Å². The molecule has 1 rings (SSSR count). The zero-order valence-electron chi connectivity index (χ0n) is 10.0. The summed E-state index contributed by atoms with van der Waals surface area (Å²) in [7, 11) is 1.63. The van der Waals surface area contributed by atoms with Gasteiger partial charge in [0.15, 0.2) is 0 Å². The van der Waals surface area contributed by atoms with Crippen LogP contribution in [0.25, 0.3) is 0 Å². The summed E-state index contributed by atoms with van der Waals surface area (Å²) in [5.41, 5.74) is 7.03. The van der Waals surface area contributed by atoms with Crippen molar-refractivity contribution in [3.8, 4) is 0 Å². The molecule has 0 bridgehead atoms. The van der Waals surface area contributed by atoms with Gasteiger partial charge in [-0.25, -0.2) is 4.39 Å². The van der Waals surface area contributed by atoms with Gasteiger partial charge in [-0.1, -0.05) is 6.07 Å². The van der Waals surface area contributed by atoms with Crippen molar-refractivity contribution in [2.24, 2.45) is 0 Å². The maximum absolute atomic E-state index is 12.9. The third kappa shape index (κ3) is 4.68. The van der Waals surface area contributed by atoms with E-state index >= 15 is 0 Å². The highest BCUT2D eigenvalue weighted by atomic mass is 19.1. The number of anilines is 1. The molecule has 0 fully saturated rings. The second-order valence-corrected chi connectivity index (χ2v) is 3.84. The van der Waals surface area contributed by atoms with E-state index in [1.165, 1.54) is 12.1 Å². The Morgan fingerprint density at radius 2 is 2.18 bits per heavy atom. The fraction of sp³-hybridized carbons (Fsp3) is 0.500. The average Bonchev–Trinajstić information content (AvgIpc) is 2.29. The lowest BCUT2D eigenvalue weighted by Gasteiger charge is -2.21. The van der Waals surface area contributed by atoms with E-state index in [-0.39, 0.29) is 12.4 Å². The van der Waals surface area contributed by atoms with Crippen LogP contribution in [-0.4, -0.2) is 43.4 Å². The molecule has 0 atom stereocenters. The summed E-state index contributed by atoms with van der Waals surface area (Å²) in [5, 5.41) is 8.95. The topological polar surface area (TPSA) is 58.7 Å². The minimum absolute atomic E-state index is 0.0742. The lowest BCUT2D eigenvalue weighted by atomic mass is 10.1. The van der Waals surface area contributed by atoms with E-state index in [2.05, 4.69) is 0 Å². The van der Waals surface area contributed by atoms with Crippen molar-refractivity contribution in [3.05, 3.63) is 29.6 Å². The first-order valence-electron chi connectivity index (χ1n) is 5.53. The second-order valence-electron chi connectivity index (χ2n) is 3.84. The van der Waals surface area contributed by atoms with E-state index in [4.69, 9.17) is 15.6 Å². The number of hydrogen-bond donors (Lipinski definition) is 2. The Kier molecular flexibility index (Phi) is 5.90. The summed E-state index contributed by atoms with van der Waals surface area (Å²) < 4.78 is 17.9. The number of aliphatic hydroxyl groups excluding tert-OH is 1. The number of benzene rings is 1. The molecule has 3 N–H and O–H groups in total. The van der Waals surface area contributed by atoms with Crippen LogP contribution in [0.15, 0.2) is 18.2 Å². The number of ether oxygens (including phenoxy) is 1. The third-order valence-corrected chi connectivity index (χ3v) is 2.53. The third-order valence-electron chi connectivity index (χ3n) is 2.53. The summed E-state index contributed by atoms with van der Waals surface area (Å²) in [6.07, 6.45) is 0. The van der Waals surface area contributed by atoms with E-state index in [9.17, 15) is 4.39 Å². The highest BCUT2D eigenvalue weighted by Crippen LogP contribution is 2.15. The Labute approximate surface area is 101 Å². The standard InChI is InChI=1S/C12H19FN2O2/c1-17-7-5-15(4-6-16)9-10-2-3-11(13)8-12(10)14/h2-3,8,16H,4-7,9,14H2,1H3. The van der Waals surface area contributed by atoms with Gasteiger partial charge >= 0.3 is 0 Å². The van der Waals surface area contributed by atoms with E-state index < -0.39 is 0 Å². The van der Waals surface area contributed by atoms with E-state index in [1.807, 2.05) is 4.90 Å². The van der Waals surface area contributed by atoms with Crippen LogP contribution in [0, 0.1) is 5.82 Å². The molecule has 0 unspecified atom stereocenters. The molecule has 17 heavy (non-hydrogen) atoms. The first-order chi connectivity index (χ1) is 8.17. The van der Waals surface area contributed by atoms with Gasteiger partial charge in [-0.05, 0) is 17.7 Å². The molecule has 1 aromatic rings. The summed E-state index contributed by atoms with van der Waals surface area (Å²) in [6.45, 7) is 2.48. The zero-order valence-corrected chi connectivity index (χ0v) is 10.0. The molecule has 5 heteroatoms. The Morgan fingerprint density at radius 1 is 1.41 bits per heavy atom. The normalized spacial score (nSPS) is 11.1. The maximum atomic E-state index is 12.9. The molecular formula is C12H19FN2O2. The first kappa shape index (κ1) is 13.9. The van der Waals surface area contributed by atoms with Crippen LogP contribution in [0.1, 0.15) is 5.56 Å². The smallest absolute Gasteiger partial charge is 0.125 e. The van der Waals surface area contributed by atoms with Crippen LogP contribution in [0.4, 0.5) is 10.1 Å². The van der Waals surface area contributed by atoms with E-state index in [1.54, 1.807) is 13.2 Å². The van der Waals surface area contributed by atoms with E-state index in [0.717, 1.165) is 5.56 Å². The highest BCUT2D eigenvalue weighted by Gasteiger charge is 2.08. The summed E-state index contributed by atoms with van der Waals surface area (Å²) in [4.78, 5) is 2.01. The van der Waals surface area contributed by atoms with Gasteiger partial charge in [0, 0.05) is 32.4 Å². The number of rotatable bonds is 7. The lowest BCUT2D eigenvalue weighted by Crippen LogP contribution is -2.30. The summed E-state index contributed by atoms with van der Waals surface area (Å²) in [5.74, 6) is -0.336. The monoisotopic (exact) mass is 242 g/mol. The van der Waals surface area contributed by atoms with Crippen molar-refractivity contribution in [3.63, 3.8) is 0 Å². The van der Waals surface area contributed by atoms with Crippen molar-refractivity contribution < 1.29 is 14.2 Å². The van der Waals surface area contributed by atoms with Gasteiger partial charge in [0.1, 0.15) is 5.82 Å². The quantitative estimate of drug-likeness (QED) is 0.696. The number of methoxy groups -OCH3 is 1. The van der Waals surface area contributed by atoms with Gasteiger partial charge in [-0.15, -0.1) is 0 Å². The molecule has 0 saturated carbocycles. The van der Waals surface area contributed by atoms with Crippen LogP contribution in [0.3, 0.4) is 0 Å². The van der Waals surface area contributed by atoms with E-state index in [0.29, 0.717) is 31.9 Å². The van der Waals surface area contributed by atoms with Crippen molar-refractivity contribution in [1.82, 2.24) is 4.90 Å². The number of aliphatic hydroxyl groups is 1. The van der Waals surface area contributed by atoms with Gasteiger partial charge in [0.25, 0.3) is 0 Å². The minimum Gasteiger partial charge on any atom is -0.398 e. The molecule has 0 aliphatic heterocycles. The molecule has 4 nitrogen and oxygen atoms in total. The van der Waals surface area contributed by atoms with Gasteiger partial charge in [-0.2, -0.15) is 0 Å². The molecule has 96 valence electrons. The van der Waals surface area contributed by atoms with Crippen molar-refractivity contribution >= 4 is 5.69 Å². The van der Waals surface area contributed by atoms with Gasteiger partial charge < -0.3 is 15.6 Å². The van der Waals surface area contributed by atoms with Crippen molar-refractivity contribution in [2.75, 3.05) is 39.1 Å². The van der Waals surface area contributed by atoms with Gasteiger partial charge in [0.05, 0.1) is 13.2 Å². The SMILES string of the molecule is COCCN(CCO)Cc1ccc(F)cc1N. The van der Waals surface area contributed by atoms with Gasteiger partial charge in [0.2, 0.25) is 0 Å². The van der Waals surface area contributed by atoms with Gasteiger partial charge in [-0.3, -0.25) is 4.90 Å². The Morgan fingerprint density at radius 3 is 2.76 bits per heavy atom. The summed E-state index contributed by atoms with van der Waals surface area (Å²) >= 11 is 0. The Hall–Kier alpha value is -1.17. The molecule has 0 saturated heterocycles. The van der Waals surface area contributed by atoms with Crippen LogP contribution >= 0.6 is 0 Å². The molecule has 1 aromatic carbocycles. The van der Waals surface area contributed by atoms with Crippen molar-refractivity contribution in [1.29, 1.82) is 0 Å². The van der Waals surface area contributed by atoms with Crippen LogP contribution in [0.2, 0.25) is 0 Å². The predicted octanol–water partition coefficient (Wildman–Crippen LogP) is 0.849. The molecule has 0 radical (unpaired) electrons. The fourth-order valence-electron chi connectivity index (χ4n) is 1.58. The maximum Gasteiger partial charge on any atom is 0.125 e. The highest BCUT2D eigenvalue weighted by molar-refractivity contribution is 5.46. The van der Waals surface area contributed by atoms with Crippen LogP contribution in [-0.2, 0) is 11.3 Å². The first-order valence-corrected chi connectivity index (χ1v) is 5.53. The average molecular weight is 242 g/mol. The minimum atomic E-state index is -0.336. The number of nitrogens with zero attached hydrogens (tertiary/aromatic N) is 1. The largest absolute Gasteiger partial charge is 0.398 e. The number of hydrogen-bond acceptors (Lipinski definition) is 4. The number of nitrogen functional groups attached to an aromatic ring is 1. The number of nitrogens with two attached hydrogens (primary N) is 1. The zero-order chi connectivity index (χ0) is 12.7. The predicted molar refractivity (Wildman–Crippen MR) is 65.1 cm³/mol. The molecule has 0 aromatic heterocycles. The Balaban J connectivity index is 2.64. The molecular weight excluding hydrogens is 223 g/mol. The molecule has 0 aliphatic rings. The second kappa shape index (κ2) is 7.21. The molecule has 0 amide bonds. The summed E-state index contributed by atoms with van der Waals surface area (Å²) in [6, 6.07) is 4.36. The Bertz CT molecular complexity index is 347. The fourth-order valence-corrected chi connectivity index (χ4v) is 1.58. The lowest BCUT2D eigenvalue weighted by molar-refractivity contribution is 0.127. The molecule has 0 spiro atoms.